The molecule has 0 aliphatic carbocycles. The highest BCUT2D eigenvalue weighted by Crippen LogP contribution is 2.38. The number of hydrogen-bond acceptors (Lipinski definition) is 6. The summed E-state index contributed by atoms with van der Waals surface area (Å²) in [6.45, 7) is 0.320. The quantitative estimate of drug-likeness (QED) is 0.459. The first-order chi connectivity index (χ1) is 14.9. The van der Waals surface area contributed by atoms with E-state index in [9.17, 15) is 14.7 Å². The van der Waals surface area contributed by atoms with Gasteiger partial charge in [-0.3, -0.25) is 9.59 Å². The average molecular weight is 446 g/mol. The molecule has 0 saturated heterocycles. The Morgan fingerprint density at radius 3 is 2.35 bits per heavy atom. The highest BCUT2D eigenvalue weighted by molar-refractivity contribution is 7.96. The Labute approximate surface area is 182 Å². The van der Waals surface area contributed by atoms with Crippen LogP contribution in [0.4, 0.5) is 0 Å². The van der Waals surface area contributed by atoms with E-state index in [2.05, 4.69) is 10.3 Å². The van der Waals surface area contributed by atoms with E-state index in [4.69, 9.17) is 14.2 Å². The molecule has 3 N–H and O–H groups in total. The van der Waals surface area contributed by atoms with Crippen molar-refractivity contribution in [3.05, 3.63) is 52.3 Å². The topological polar surface area (TPSA) is 110 Å². The van der Waals surface area contributed by atoms with E-state index in [0.29, 0.717) is 50.9 Å². The second-order valence-electron chi connectivity index (χ2n) is 6.69. The van der Waals surface area contributed by atoms with Gasteiger partial charge in [-0.2, -0.15) is 0 Å². The maximum Gasteiger partial charge on any atom is 0.307 e. The van der Waals surface area contributed by atoms with Crippen LogP contribution in [0, 0.1) is 0 Å². The van der Waals surface area contributed by atoms with E-state index < -0.39 is 10.9 Å². The first-order valence-corrected chi connectivity index (χ1v) is 11.3. The highest BCUT2D eigenvalue weighted by atomic mass is 32.2. The minimum Gasteiger partial charge on any atom is -0.503 e. The molecule has 164 valence electrons. The summed E-state index contributed by atoms with van der Waals surface area (Å²) < 4.78 is 15.8. The van der Waals surface area contributed by atoms with E-state index in [-0.39, 0.29) is 17.2 Å². The monoisotopic (exact) mass is 445 g/mol. The number of H-pyrrole nitrogens is 1. The minimum atomic E-state index is -0.580. The SMILES string of the molecule is COc1cc(C(=O)NCC[S+](C)c2c(O)c3ccccc3[nH]c2=O)cc(OC)c1OC. The van der Waals surface area contributed by atoms with Gasteiger partial charge in [-0.25, -0.2) is 0 Å². The van der Waals surface area contributed by atoms with E-state index in [1.54, 1.807) is 36.4 Å². The Bertz CT molecular complexity index is 1140. The van der Waals surface area contributed by atoms with Crippen LogP contribution in [0.25, 0.3) is 10.9 Å². The van der Waals surface area contributed by atoms with Crippen LogP contribution >= 0.6 is 0 Å². The summed E-state index contributed by atoms with van der Waals surface area (Å²) in [4.78, 5) is 28.2. The fourth-order valence-corrected chi connectivity index (χ4v) is 4.68. The van der Waals surface area contributed by atoms with Gasteiger partial charge in [-0.1, -0.05) is 12.1 Å². The molecular weight excluding hydrogens is 420 g/mol. The number of carbonyl (C=O) groups excluding carboxylic acids is 1. The predicted molar refractivity (Wildman–Crippen MR) is 121 cm³/mol. The number of carbonyl (C=O) groups is 1. The van der Waals surface area contributed by atoms with Gasteiger partial charge in [0.05, 0.1) is 33.4 Å². The summed E-state index contributed by atoms with van der Waals surface area (Å²) in [5, 5.41) is 14.0. The first kappa shape index (κ1) is 22.4. The van der Waals surface area contributed by atoms with Crippen molar-refractivity contribution in [3.8, 4) is 23.0 Å². The Hall–Kier alpha value is -3.33. The summed E-state index contributed by atoms with van der Waals surface area (Å²) >= 11 is 0. The van der Waals surface area contributed by atoms with Crippen molar-refractivity contribution in [1.29, 1.82) is 0 Å². The molecule has 0 radical (unpaired) electrons. The lowest BCUT2D eigenvalue weighted by atomic mass is 10.1. The number of hydrogen-bond donors (Lipinski definition) is 3. The van der Waals surface area contributed by atoms with Gasteiger partial charge in [-0.15, -0.1) is 0 Å². The molecule has 3 rings (SSSR count). The maximum atomic E-state index is 12.6. The maximum absolute atomic E-state index is 12.6. The first-order valence-electron chi connectivity index (χ1n) is 9.46. The number of aromatic nitrogens is 1. The van der Waals surface area contributed by atoms with Crippen LogP contribution in [0.5, 0.6) is 23.0 Å². The van der Waals surface area contributed by atoms with E-state index in [1.165, 1.54) is 21.3 Å². The molecule has 8 nitrogen and oxygen atoms in total. The summed E-state index contributed by atoms with van der Waals surface area (Å²) in [6, 6.07) is 10.2. The number of ether oxygens (including phenoxy) is 3. The van der Waals surface area contributed by atoms with E-state index >= 15 is 0 Å². The Balaban J connectivity index is 1.73. The standard InChI is InChI=1S/C22H24N2O6S/c1-28-16-11-13(12-17(29-2)19(16)30-3)21(26)23-9-10-31(4)20-18(25)14-7-5-6-8-15(14)24-22(20)27/h5-8,11-12H,9-10H2,1-4H3,(H2-,23,24,25,26,27)/p+1. The fourth-order valence-electron chi connectivity index (χ4n) is 3.26. The number of benzene rings is 2. The van der Waals surface area contributed by atoms with Crippen molar-refractivity contribution in [2.24, 2.45) is 0 Å². The molecule has 0 aliphatic heterocycles. The number of aromatic amines is 1. The summed E-state index contributed by atoms with van der Waals surface area (Å²) in [7, 11) is 3.88. The van der Waals surface area contributed by atoms with Gasteiger partial charge in [0.15, 0.2) is 17.2 Å². The third kappa shape index (κ3) is 4.56. The smallest absolute Gasteiger partial charge is 0.307 e. The Kier molecular flexibility index (Phi) is 6.96. The van der Waals surface area contributed by atoms with Gasteiger partial charge in [-0.05, 0) is 24.3 Å². The van der Waals surface area contributed by atoms with Gasteiger partial charge in [0.25, 0.3) is 10.8 Å². The number of amides is 1. The largest absolute Gasteiger partial charge is 0.503 e. The minimum absolute atomic E-state index is 0.0128. The van der Waals surface area contributed by atoms with Crippen LogP contribution in [-0.2, 0) is 10.9 Å². The summed E-state index contributed by atoms with van der Waals surface area (Å²) in [6.07, 6.45) is 1.87. The Morgan fingerprint density at radius 1 is 1.10 bits per heavy atom. The van der Waals surface area contributed by atoms with Crippen molar-refractivity contribution in [3.63, 3.8) is 0 Å². The zero-order valence-corrected chi connectivity index (χ0v) is 18.6. The summed E-state index contributed by atoms with van der Waals surface area (Å²) in [5.74, 6) is 1.34. The molecule has 1 amide bonds. The normalized spacial score (nSPS) is 11.7. The van der Waals surface area contributed by atoms with Crippen molar-refractivity contribution < 1.29 is 24.1 Å². The highest BCUT2D eigenvalue weighted by Gasteiger charge is 2.27. The molecule has 0 bridgehead atoms. The molecule has 1 atom stereocenters. The van der Waals surface area contributed by atoms with Crippen LogP contribution in [0.3, 0.4) is 0 Å². The summed E-state index contributed by atoms with van der Waals surface area (Å²) in [5.41, 5.74) is 0.622. The number of pyridine rings is 1. The number of rotatable bonds is 8. The van der Waals surface area contributed by atoms with Gasteiger partial charge in [0, 0.05) is 21.8 Å². The molecular formula is C22H25N2O6S+. The molecule has 0 fully saturated rings. The lowest BCUT2D eigenvalue weighted by molar-refractivity contribution is 0.0955. The van der Waals surface area contributed by atoms with Crippen LogP contribution in [0.1, 0.15) is 10.4 Å². The predicted octanol–water partition coefficient (Wildman–Crippen LogP) is 2.30. The van der Waals surface area contributed by atoms with Crippen molar-refractivity contribution in [2.75, 3.05) is 39.9 Å². The molecule has 0 aliphatic rings. The van der Waals surface area contributed by atoms with Gasteiger partial charge >= 0.3 is 5.56 Å². The molecule has 1 unspecified atom stereocenters. The lowest BCUT2D eigenvalue weighted by Gasteiger charge is -2.14. The fraction of sp³-hybridized carbons (Fsp3) is 0.273. The van der Waals surface area contributed by atoms with Gasteiger partial charge in [0.2, 0.25) is 5.75 Å². The molecule has 0 spiro atoms. The van der Waals surface area contributed by atoms with E-state index in [1.807, 2.05) is 6.26 Å². The molecule has 2 aromatic carbocycles. The third-order valence-corrected chi connectivity index (χ3v) is 6.71. The van der Waals surface area contributed by atoms with Crippen molar-refractivity contribution in [1.82, 2.24) is 10.3 Å². The third-order valence-electron chi connectivity index (χ3n) is 4.82. The van der Waals surface area contributed by atoms with Crippen LogP contribution in [0.2, 0.25) is 0 Å². The molecule has 1 heterocycles. The zero-order chi connectivity index (χ0) is 22.5. The number of fused-ring (bicyclic) bond motifs is 1. The number of aromatic hydroxyl groups is 1. The molecule has 3 aromatic rings. The van der Waals surface area contributed by atoms with Crippen LogP contribution < -0.4 is 25.1 Å². The molecule has 9 heteroatoms. The van der Waals surface area contributed by atoms with Crippen LogP contribution in [-0.4, -0.2) is 55.9 Å². The van der Waals surface area contributed by atoms with E-state index in [0.717, 1.165) is 0 Å². The second-order valence-corrected chi connectivity index (χ2v) is 8.78. The van der Waals surface area contributed by atoms with Crippen LogP contribution in [0.15, 0.2) is 46.1 Å². The van der Waals surface area contributed by atoms with Gasteiger partial charge in [0.1, 0.15) is 12.0 Å². The zero-order valence-electron chi connectivity index (χ0n) is 17.8. The molecule has 1 aromatic heterocycles. The van der Waals surface area contributed by atoms with Crippen molar-refractivity contribution in [2.45, 2.75) is 4.90 Å². The number of nitrogens with one attached hydrogen (secondary N) is 2. The number of methoxy groups -OCH3 is 3. The molecule has 0 saturated carbocycles. The van der Waals surface area contributed by atoms with Crippen molar-refractivity contribution >= 4 is 27.7 Å². The average Bonchev–Trinajstić information content (AvgIpc) is 2.77. The number of para-hydroxylation sites is 1. The van der Waals surface area contributed by atoms with Gasteiger partial charge < -0.3 is 29.6 Å². The second kappa shape index (κ2) is 9.65. The molecule has 31 heavy (non-hydrogen) atoms. The lowest BCUT2D eigenvalue weighted by Crippen LogP contribution is -2.30. The Morgan fingerprint density at radius 2 is 1.74 bits per heavy atom.